The molecule has 0 unspecified atom stereocenters. The summed E-state index contributed by atoms with van der Waals surface area (Å²) < 4.78 is 44.0. The minimum absolute atomic E-state index is 0.221. The number of halogens is 1. The maximum absolute atomic E-state index is 13.4. The molecule has 20 heavy (non-hydrogen) atoms. The second kappa shape index (κ2) is 4.89. The molecule has 0 aliphatic rings. The summed E-state index contributed by atoms with van der Waals surface area (Å²) >= 11 is 0. The smallest absolute Gasteiger partial charge is 0.325 e. The van der Waals surface area contributed by atoms with Gasteiger partial charge in [-0.15, -0.1) is 0 Å². The van der Waals surface area contributed by atoms with Crippen LogP contribution in [0.2, 0.25) is 0 Å². The Morgan fingerprint density at radius 3 is 2.70 bits per heavy atom. The number of nitrogens with zero attached hydrogens (tertiary/aromatic N) is 2. The van der Waals surface area contributed by atoms with Crippen LogP contribution in [0.15, 0.2) is 33.7 Å². The van der Waals surface area contributed by atoms with Gasteiger partial charge in [0.15, 0.2) is 4.90 Å². The largest absolute Gasteiger partial charge is 0.338 e. The van der Waals surface area contributed by atoms with Gasteiger partial charge in [0.25, 0.3) is 10.0 Å². The Kier molecular flexibility index (Phi) is 3.40. The second-order valence-electron chi connectivity index (χ2n) is 3.78. The normalized spacial score (nSPS) is 11.3. The van der Waals surface area contributed by atoms with E-state index < -0.39 is 31.3 Å². The number of aryl methyl sites for hydroxylation is 1. The molecule has 1 aromatic heterocycles. The Hall–Kier alpha value is -2.49. The van der Waals surface area contributed by atoms with E-state index in [1.165, 1.54) is 6.07 Å². The van der Waals surface area contributed by atoms with E-state index in [0.29, 0.717) is 5.69 Å². The molecule has 8 nitrogen and oxygen atoms in total. The van der Waals surface area contributed by atoms with E-state index >= 15 is 0 Å². The highest BCUT2D eigenvalue weighted by atomic mass is 32.2. The number of nitro benzene ring substituents is 1. The van der Waals surface area contributed by atoms with Gasteiger partial charge in [-0.05, 0) is 19.1 Å². The van der Waals surface area contributed by atoms with Crippen molar-refractivity contribution in [3.05, 3.63) is 45.9 Å². The summed E-state index contributed by atoms with van der Waals surface area (Å²) in [5.74, 6) is -1.47. The Balaban J connectivity index is 2.50. The predicted molar refractivity (Wildman–Crippen MR) is 65.1 cm³/mol. The first-order valence-electron chi connectivity index (χ1n) is 5.20. The fraction of sp³-hybridized carbons (Fsp3) is 0.100. The van der Waals surface area contributed by atoms with Crippen LogP contribution in [-0.2, 0) is 10.0 Å². The second-order valence-corrected chi connectivity index (χ2v) is 5.43. The molecule has 0 saturated carbocycles. The SMILES string of the molecule is Cc1cc(NS(=O)(=O)c2cccc(F)c2[N+](=O)[O-])on1. The van der Waals surface area contributed by atoms with E-state index in [1.54, 1.807) is 6.92 Å². The molecule has 1 heterocycles. The fourth-order valence-electron chi connectivity index (χ4n) is 1.49. The summed E-state index contributed by atoms with van der Waals surface area (Å²) in [5.41, 5.74) is -0.715. The van der Waals surface area contributed by atoms with Gasteiger partial charge in [-0.2, -0.15) is 4.39 Å². The average molecular weight is 301 g/mol. The van der Waals surface area contributed by atoms with Crippen molar-refractivity contribution in [2.75, 3.05) is 4.72 Å². The number of aromatic nitrogens is 1. The summed E-state index contributed by atoms with van der Waals surface area (Å²) in [6.07, 6.45) is 0. The van der Waals surface area contributed by atoms with E-state index in [9.17, 15) is 22.9 Å². The van der Waals surface area contributed by atoms with Crippen LogP contribution < -0.4 is 4.72 Å². The topological polar surface area (TPSA) is 115 Å². The molecule has 0 aliphatic carbocycles. The number of nitro groups is 1. The van der Waals surface area contributed by atoms with Crippen LogP contribution in [-0.4, -0.2) is 18.5 Å². The van der Waals surface area contributed by atoms with Gasteiger partial charge < -0.3 is 4.52 Å². The number of para-hydroxylation sites is 1. The minimum atomic E-state index is -4.36. The highest BCUT2D eigenvalue weighted by Crippen LogP contribution is 2.28. The maximum Gasteiger partial charge on any atom is 0.325 e. The van der Waals surface area contributed by atoms with Crippen LogP contribution in [0.4, 0.5) is 16.0 Å². The number of hydrogen-bond acceptors (Lipinski definition) is 6. The predicted octanol–water partition coefficient (Wildman–Crippen LogP) is 1.83. The minimum Gasteiger partial charge on any atom is -0.338 e. The Morgan fingerprint density at radius 2 is 2.15 bits per heavy atom. The van der Waals surface area contributed by atoms with Crippen molar-refractivity contribution in [1.29, 1.82) is 0 Å². The number of rotatable bonds is 4. The quantitative estimate of drug-likeness (QED) is 0.680. The van der Waals surface area contributed by atoms with E-state index in [4.69, 9.17) is 0 Å². The lowest BCUT2D eigenvalue weighted by Crippen LogP contribution is -2.15. The van der Waals surface area contributed by atoms with Crippen LogP contribution in [0.3, 0.4) is 0 Å². The number of nitrogens with one attached hydrogen (secondary N) is 1. The summed E-state index contributed by atoms with van der Waals surface area (Å²) in [6.45, 7) is 1.56. The first-order chi connectivity index (χ1) is 9.31. The highest BCUT2D eigenvalue weighted by molar-refractivity contribution is 7.92. The van der Waals surface area contributed by atoms with Crippen molar-refractivity contribution < 1.29 is 22.3 Å². The maximum atomic E-state index is 13.4. The highest BCUT2D eigenvalue weighted by Gasteiger charge is 2.30. The third-order valence-electron chi connectivity index (χ3n) is 2.28. The number of anilines is 1. The summed E-state index contributed by atoms with van der Waals surface area (Å²) in [4.78, 5) is 8.89. The molecule has 0 bridgehead atoms. The van der Waals surface area contributed by atoms with E-state index in [0.717, 1.165) is 18.2 Å². The van der Waals surface area contributed by atoms with Crippen molar-refractivity contribution in [3.63, 3.8) is 0 Å². The zero-order valence-corrected chi connectivity index (χ0v) is 10.8. The zero-order chi connectivity index (χ0) is 14.9. The van der Waals surface area contributed by atoms with E-state index in [1.807, 2.05) is 4.72 Å². The van der Waals surface area contributed by atoms with Crippen LogP contribution in [0, 0.1) is 22.9 Å². The zero-order valence-electron chi connectivity index (χ0n) is 10.0. The number of hydrogen-bond donors (Lipinski definition) is 1. The van der Waals surface area contributed by atoms with Gasteiger partial charge in [0, 0.05) is 6.07 Å². The van der Waals surface area contributed by atoms with Crippen molar-refractivity contribution in [2.45, 2.75) is 11.8 Å². The van der Waals surface area contributed by atoms with Crippen molar-refractivity contribution in [1.82, 2.24) is 5.16 Å². The van der Waals surface area contributed by atoms with Gasteiger partial charge in [-0.1, -0.05) is 11.2 Å². The molecule has 0 atom stereocenters. The third-order valence-corrected chi connectivity index (χ3v) is 3.66. The molecular weight excluding hydrogens is 293 g/mol. The van der Waals surface area contributed by atoms with E-state index in [-0.39, 0.29) is 5.88 Å². The van der Waals surface area contributed by atoms with Gasteiger partial charge in [0.1, 0.15) is 0 Å². The molecule has 106 valence electrons. The Labute approximate surface area is 112 Å². The van der Waals surface area contributed by atoms with Gasteiger partial charge in [0.2, 0.25) is 11.7 Å². The Bertz CT molecular complexity index is 771. The Morgan fingerprint density at radius 1 is 1.45 bits per heavy atom. The first-order valence-corrected chi connectivity index (χ1v) is 6.68. The first kappa shape index (κ1) is 13.9. The fourth-order valence-corrected chi connectivity index (χ4v) is 2.64. The molecule has 10 heteroatoms. The lowest BCUT2D eigenvalue weighted by atomic mass is 10.3. The summed E-state index contributed by atoms with van der Waals surface area (Å²) in [7, 11) is -4.36. The van der Waals surface area contributed by atoms with Gasteiger partial charge in [0.05, 0.1) is 10.6 Å². The van der Waals surface area contributed by atoms with Crippen LogP contribution in [0.5, 0.6) is 0 Å². The standard InChI is InChI=1S/C10H8FN3O5S/c1-6-5-9(19-12-6)13-20(17,18)8-4-2-3-7(11)10(8)14(15)16/h2-5,13H,1H3. The monoisotopic (exact) mass is 301 g/mol. The number of benzene rings is 1. The third kappa shape index (κ3) is 2.59. The van der Waals surface area contributed by atoms with Gasteiger partial charge in [-0.3, -0.25) is 10.1 Å². The molecule has 0 aliphatic heterocycles. The molecule has 2 rings (SSSR count). The van der Waals surface area contributed by atoms with E-state index in [2.05, 4.69) is 9.68 Å². The molecule has 1 aromatic carbocycles. The van der Waals surface area contributed by atoms with Crippen molar-refractivity contribution in [2.24, 2.45) is 0 Å². The van der Waals surface area contributed by atoms with Crippen molar-refractivity contribution >= 4 is 21.6 Å². The number of sulfonamides is 1. The van der Waals surface area contributed by atoms with Crippen LogP contribution in [0.1, 0.15) is 5.69 Å². The molecule has 1 N–H and O–H groups in total. The molecule has 0 saturated heterocycles. The van der Waals surface area contributed by atoms with Gasteiger partial charge in [-0.25, -0.2) is 13.1 Å². The lowest BCUT2D eigenvalue weighted by Gasteiger charge is -2.05. The average Bonchev–Trinajstić information content (AvgIpc) is 2.73. The van der Waals surface area contributed by atoms with Crippen molar-refractivity contribution in [3.8, 4) is 0 Å². The molecule has 0 amide bonds. The van der Waals surface area contributed by atoms with Crippen LogP contribution in [0.25, 0.3) is 0 Å². The molecule has 2 aromatic rings. The summed E-state index contributed by atoms with van der Waals surface area (Å²) in [5, 5.41) is 14.2. The molecular formula is C10H8FN3O5S. The molecule has 0 radical (unpaired) electrons. The van der Waals surface area contributed by atoms with Crippen LogP contribution >= 0.6 is 0 Å². The van der Waals surface area contributed by atoms with Gasteiger partial charge >= 0.3 is 5.69 Å². The molecule has 0 spiro atoms. The lowest BCUT2D eigenvalue weighted by molar-refractivity contribution is -0.390. The molecule has 0 fully saturated rings. The summed E-state index contributed by atoms with van der Waals surface area (Å²) in [6, 6.07) is 4.06.